The lowest BCUT2D eigenvalue weighted by Gasteiger charge is -2.16. The molecular weight excluding hydrogens is 284 g/mol. The highest BCUT2D eigenvalue weighted by Gasteiger charge is 2.11. The summed E-state index contributed by atoms with van der Waals surface area (Å²) in [4.78, 5) is 3.22. The van der Waals surface area contributed by atoms with Gasteiger partial charge in [0.15, 0.2) is 0 Å². The molecule has 1 atom stereocenters. The molecule has 0 saturated heterocycles. The van der Waals surface area contributed by atoms with Crippen LogP contribution in [0.15, 0.2) is 54.7 Å². The zero-order valence-corrected chi connectivity index (χ0v) is 12.3. The summed E-state index contributed by atoms with van der Waals surface area (Å²) >= 11 is 5.99. The van der Waals surface area contributed by atoms with Crippen molar-refractivity contribution in [3.05, 3.63) is 70.9 Å². The highest BCUT2D eigenvalue weighted by molar-refractivity contribution is 6.31. The number of aromatic nitrogens is 1. The molecule has 0 unspecified atom stereocenters. The second kappa shape index (κ2) is 6.31. The van der Waals surface area contributed by atoms with E-state index >= 15 is 0 Å². The molecule has 3 rings (SSSR count). The third-order valence-electron chi connectivity index (χ3n) is 3.65. The van der Waals surface area contributed by atoms with Crippen LogP contribution in [0.3, 0.4) is 0 Å². The Morgan fingerprint density at radius 1 is 1.14 bits per heavy atom. The van der Waals surface area contributed by atoms with Crippen LogP contribution in [0.1, 0.15) is 17.2 Å². The summed E-state index contributed by atoms with van der Waals surface area (Å²) in [6.07, 6.45) is 1.98. The van der Waals surface area contributed by atoms with Crippen molar-refractivity contribution in [1.29, 1.82) is 0 Å². The van der Waals surface area contributed by atoms with E-state index in [4.69, 9.17) is 11.6 Å². The molecule has 0 amide bonds. The molecule has 3 nitrogen and oxygen atoms in total. The summed E-state index contributed by atoms with van der Waals surface area (Å²) in [7, 11) is 0. The Morgan fingerprint density at radius 2 is 1.95 bits per heavy atom. The largest absolute Gasteiger partial charge is 0.394 e. The molecule has 0 aliphatic heterocycles. The summed E-state index contributed by atoms with van der Waals surface area (Å²) in [5.41, 5.74) is 3.28. The van der Waals surface area contributed by atoms with Crippen LogP contribution in [0, 0.1) is 0 Å². The van der Waals surface area contributed by atoms with Crippen LogP contribution in [0.4, 0.5) is 0 Å². The quantitative estimate of drug-likeness (QED) is 0.673. The number of nitrogens with one attached hydrogen (secondary N) is 2. The van der Waals surface area contributed by atoms with Gasteiger partial charge in [-0.15, -0.1) is 0 Å². The zero-order chi connectivity index (χ0) is 14.7. The predicted octanol–water partition coefficient (Wildman–Crippen LogP) is 3.64. The van der Waals surface area contributed by atoms with Crippen LogP contribution in [0.25, 0.3) is 10.9 Å². The molecule has 4 heteroatoms. The van der Waals surface area contributed by atoms with Gasteiger partial charge < -0.3 is 15.4 Å². The molecule has 3 N–H and O–H groups in total. The van der Waals surface area contributed by atoms with E-state index < -0.39 is 0 Å². The maximum Gasteiger partial charge on any atom is 0.0626 e. The van der Waals surface area contributed by atoms with Gasteiger partial charge >= 0.3 is 0 Å². The SMILES string of the molecule is OC[C@H](NCc1c[nH]c2cc(Cl)ccc12)c1ccccc1. The van der Waals surface area contributed by atoms with Gasteiger partial charge in [-0.2, -0.15) is 0 Å². The number of hydrogen-bond donors (Lipinski definition) is 3. The summed E-state index contributed by atoms with van der Waals surface area (Å²) in [5.74, 6) is 0. The molecule has 0 aliphatic carbocycles. The van der Waals surface area contributed by atoms with Gasteiger partial charge in [0.25, 0.3) is 0 Å². The molecule has 0 spiro atoms. The second-order valence-electron chi connectivity index (χ2n) is 5.03. The van der Waals surface area contributed by atoms with Gasteiger partial charge in [0, 0.05) is 28.7 Å². The number of aliphatic hydroxyl groups excluding tert-OH is 1. The van der Waals surface area contributed by atoms with E-state index in [9.17, 15) is 5.11 Å². The van der Waals surface area contributed by atoms with Crippen molar-refractivity contribution in [2.45, 2.75) is 12.6 Å². The fourth-order valence-corrected chi connectivity index (χ4v) is 2.68. The summed E-state index contributed by atoms with van der Waals surface area (Å²) < 4.78 is 0. The molecule has 1 aromatic heterocycles. The van der Waals surface area contributed by atoms with E-state index in [1.54, 1.807) is 0 Å². The Balaban J connectivity index is 1.76. The number of halogens is 1. The third kappa shape index (κ3) is 3.10. The summed E-state index contributed by atoms with van der Waals surface area (Å²) in [6.45, 7) is 0.750. The topological polar surface area (TPSA) is 48.0 Å². The first-order valence-corrected chi connectivity index (χ1v) is 7.30. The Morgan fingerprint density at radius 3 is 2.71 bits per heavy atom. The van der Waals surface area contributed by atoms with Crippen molar-refractivity contribution in [3.63, 3.8) is 0 Å². The molecule has 21 heavy (non-hydrogen) atoms. The van der Waals surface area contributed by atoms with Crippen LogP contribution in [0.5, 0.6) is 0 Å². The Hall–Kier alpha value is -1.81. The third-order valence-corrected chi connectivity index (χ3v) is 3.89. The van der Waals surface area contributed by atoms with Crippen molar-refractivity contribution in [2.75, 3.05) is 6.61 Å². The first-order valence-electron chi connectivity index (χ1n) is 6.92. The van der Waals surface area contributed by atoms with E-state index in [0.29, 0.717) is 6.54 Å². The van der Waals surface area contributed by atoms with Crippen LogP contribution in [0.2, 0.25) is 5.02 Å². The van der Waals surface area contributed by atoms with Crippen molar-refractivity contribution >= 4 is 22.5 Å². The van der Waals surface area contributed by atoms with E-state index in [0.717, 1.165) is 27.1 Å². The molecule has 3 aromatic rings. The van der Waals surface area contributed by atoms with Gasteiger partial charge in [-0.3, -0.25) is 0 Å². The Labute approximate surface area is 128 Å². The standard InChI is InChI=1S/C17H17ClN2O/c18-14-6-7-15-13(9-19-16(15)8-14)10-20-17(11-21)12-4-2-1-3-5-12/h1-9,17,19-21H,10-11H2/t17-/m0/s1. The number of rotatable bonds is 5. The van der Waals surface area contributed by atoms with Gasteiger partial charge in [0.05, 0.1) is 12.6 Å². The van der Waals surface area contributed by atoms with Gasteiger partial charge in [-0.1, -0.05) is 48.0 Å². The normalized spacial score (nSPS) is 12.7. The summed E-state index contributed by atoms with van der Waals surface area (Å²) in [5, 5.41) is 14.8. The van der Waals surface area contributed by atoms with E-state index in [1.807, 2.05) is 54.7 Å². The lowest BCUT2D eigenvalue weighted by atomic mass is 10.1. The van der Waals surface area contributed by atoms with Crippen molar-refractivity contribution in [1.82, 2.24) is 10.3 Å². The highest BCUT2D eigenvalue weighted by Crippen LogP contribution is 2.22. The van der Waals surface area contributed by atoms with E-state index in [1.165, 1.54) is 0 Å². The molecule has 0 radical (unpaired) electrons. The van der Waals surface area contributed by atoms with Crippen LogP contribution in [-0.2, 0) is 6.54 Å². The number of aromatic amines is 1. The molecule has 2 aromatic carbocycles. The van der Waals surface area contributed by atoms with Gasteiger partial charge in [-0.05, 0) is 23.3 Å². The van der Waals surface area contributed by atoms with Gasteiger partial charge in [0.2, 0.25) is 0 Å². The molecule has 0 aliphatic rings. The maximum atomic E-state index is 9.57. The maximum absolute atomic E-state index is 9.57. The van der Waals surface area contributed by atoms with E-state index in [-0.39, 0.29) is 12.6 Å². The monoisotopic (exact) mass is 300 g/mol. The predicted molar refractivity (Wildman–Crippen MR) is 86.4 cm³/mol. The number of H-pyrrole nitrogens is 1. The fraction of sp³-hybridized carbons (Fsp3) is 0.176. The lowest BCUT2D eigenvalue weighted by Crippen LogP contribution is -2.23. The van der Waals surface area contributed by atoms with Crippen molar-refractivity contribution in [2.24, 2.45) is 0 Å². The smallest absolute Gasteiger partial charge is 0.0626 e. The van der Waals surface area contributed by atoms with Crippen LogP contribution >= 0.6 is 11.6 Å². The Bertz CT molecular complexity index is 724. The highest BCUT2D eigenvalue weighted by atomic mass is 35.5. The van der Waals surface area contributed by atoms with Crippen molar-refractivity contribution < 1.29 is 5.11 Å². The van der Waals surface area contributed by atoms with Crippen molar-refractivity contribution in [3.8, 4) is 0 Å². The van der Waals surface area contributed by atoms with Gasteiger partial charge in [-0.25, -0.2) is 0 Å². The first-order chi connectivity index (χ1) is 10.3. The first kappa shape index (κ1) is 14.1. The minimum Gasteiger partial charge on any atom is -0.394 e. The lowest BCUT2D eigenvalue weighted by molar-refractivity contribution is 0.244. The van der Waals surface area contributed by atoms with Crippen LogP contribution in [-0.4, -0.2) is 16.7 Å². The molecule has 1 heterocycles. The molecular formula is C17H17ClN2O. The average molecular weight is 301 g/mol. The molecule has 0 bridgehead atoms. The van der Waals surface area contributed by atoms with E-state index in [2.05, 4.69) is 10.3 Å². The number of aliphatic hydroxyl groups is 1. The fourth-order valence-electron chi connectivity index (χ4n) is 2.51. The molecule has 0 saturated carbocycles. The minimum atomic E-state index is -0.0662. The second-order valence-corrected chi connectivity index (χ2v) is 5.47. The van der Waals surface area contributed by atoms with Gasteiger partial charge in [0.1, 0.15) is 0 Å². The Kier molecular flexibility index (Phi) is 4.25. The number of hydrogen-bond acceptors (Lipinski definition) is 2. The number of fused-ring (bicyclic) bond motifs is 1. The number of benzene rings is 2. The van der Waals surface area contributed by atoms with Crippen LogP contribution < -0.4 is 5.32 Å². The molecule has 108 valence electrons. The summed E-state index contributed by atoms with van der Waals surface area (Å²) in [6, 6.07) is 15.7. The minimum absolute atomic E-state index is 0.0662. The zero-order valence-electron chi connectivity index (χ0n) is 11.5. The molecule has 0 fully saturated rings. The average Bonchev–Trinajstić information content (AvgIpc) is 2.91.